The Morgan fingerprint density at radius 2 is 1.97 bits per heavy atom. The van der Waals surface area contributed by atoms with Crippen molar-refractivity contribution in [3.05, 3.63) is 24.2 Å². The van der Waals surface area contributed by atoms with Crippen LogP contribution >= 0.6 is 24.0 Å². The third-order valence-corrected chi connectivity index (χ3v) is 5.75. The number of rotatable bonds is 8. The van der Waals surface area contributed by atoms with Gasteiger partial charge in [0.15, 0.2) is 5.96 Å². The summed E-state index contributed by atoms with van der Waals surface area (Å²) in [4.78, 5) is 18.9. The van der Waals surface area contributed by atoms with Crippen molar-refractivity contribution in [1.82, 2.24) is 20.9 Å². The van der Waals surface area contributed by atoms with Crippen molar-refractivity contribution in [2.24, 2.45) is 4.99 Å². The molecule has 29 heavy (non-hydrogen) atoms. The number of nitrogens with zero attached hydrogens (tertiary/aromatic N) is 2. The van der Waals surface area contributed by atoms with Crippen LogP contribution in [0.1, 0.15) is 63.2 Å². The molecule has 1 amide bonds. The van der Waals surface area contributed by atoms with Gasteiger partial charge in [0.1, 0.15) is 5.76 Å². The molecule has 1 saturated carbocycles. The number of hydrogen-bond acceptors (Lipinski definition) is 4. The second-order valence-corrected chi connectivity index (χ2v) is 7.81. The Morgan fingerprint density at radius 1 is 1.21 bits per heavy atom. The molecule has 164 valence electrons. The highest BCUT2D eigenvalue weighted by Crippen LogP contribution is 2.24. The average Bonchev–Trinajstić information content (AvgIpc) is 3.42. The smallest absolute Gasteiger partial charge is 0.221 e. The van der Waals surface area contributed by atoms with Gasteiger partial charge < -0.3 is 20.4 Å². The van der Waals surface area contributed by atoms with E-state index in [0.717, 1.165) is 44.2 Å². The summed E-state index contributed by atoms with van der Waals surface area (Å²) in [6.45, 7) is 3.50. The molecular weight excluding hydrogens is 481 g/mol. The molecule has 1 aromatic heterocycles. The minimum Gasteiger partial charge on any atom is -0.468 e. The predicted molar refractivity (Wildman–Crippen MR) is 127 cm³/mol. The fourth-order valence-electron chi connectivity index (χ4n) is 4.20. The first-order valence-electron chi connectivity index (χ1n) is 10.8. The van der Waals surface area contributed by atoms with Gasteiger partial charge >= 0.3 is 0 Å². The number of furan rings is 1. The van der Waals surface area contributed by atoms with Gasteiger partial charge in [-0.3, -0.25) is 14.7 Å². The van der Waals surface area contributed by atoms with Gasteiger partial charge in [-0.2, -0.15) is 0 Å². The van der Waals surface area contributed by atoms with Gasteiger partial charge in [-0.25, -0.2) is 0 Å². The molecule has 1 saturated heterocycles. The van der Waals surface area contributed by atoms with E-state index in [1.54, 1.807) is 13.3 Å². The normalized spacial score (nSPS) is 19.4. The third-order valence-electron chi connectivity index (χ3n) is 5.75. The number of carbonyl (C=O) groups is 1. The van der Waals surface area contributed by atoms with Gasteiger partial charge in [-0.05, 0) is 50.9 Å². The number of halogens is 1. The highest BCUT2D eigenvalue weighted by Gasteiger charge is 2.25. The Hall–Kier alpha value is -1.29. The Balaban J connectivity index is 0.00000300. The van der Waals surface area contributed by atoms with Crippen molar-refractivity contribution < 1.29 is 9.21 Å². The van der Waals surface area contributed by atoms with E-state index in [4.69, 9.17) is 4.42 Å². The third kappa shape index (κ3) is 7.81. The molecule has 0 aromatic carbocycles. The van der Waals surface area contributed by atoms with Gasteiger partial charge in [0.05, 0.1) is 12.3 Å². The topological polar surface area (TPSA) is 81.9 Å². The minimum absolute atomic E-state index is 0. The van der Waals surface area contributed by atoms with Crippen LogP contribution < -0.4 is 16.0 Å². The predicted octanol–water partition coefficient (Wildman–Crippen LogP) is 3.04. The Bertz CT molecular complexity index is 611. The molecular formula is C21H36IN5O2. The first-order valence-corrected chi connectivity index (χ1v) is 10.8. The Kier molecular flexibility index (Phi) is 10.8. The average molecular weight is 517 g/mol. The summed E-state index contributed by atoms with van der Waals surface area (Å²) < 4.78 is 5.66. The summed E-state index contributed by atoms with van der Waals surface area (Å²) in [6, 6.07) is 4.55. The molecule has 2 heterocycles. The molecule has 2 fully saturated rings. The van der Waals surface area contributed by atoms with Crippen LogP contribution in [0, 0.1) is 0 Å². The lowest BCUT2D eigenvalue weighted by Crippen LogP contribution is -2.44. The Labute approximate surface area is 191 Å². The van der Waals surface area contributed by atoms with Crippen LogP contribution in [0.15, 0.2) is 27.8 Å². The molecule has 2 aliphatic rings. The first kappa shape index (κ1) is 24.0. The second kappa shape index (κ2) is 13.1. The molecule has 1 aromatic rings. The second-order valence-electron chi connectivity index (χ2n) is 7.81. The first-order chi connectivity index (χ1) is 13.8. The summed E-state index contributed by atoms with van der Waals surface area (Å²) in [6.07, 6.45) is 10.7. The van der Waals surface area contributed by atoms with Crippen molar-refractivity contribution in [1.29, 1.82) is 0 Å². The summed E-state index contributed by atoms with van der Waals surface area (Å²) in [5.74, 6) is 1.83. The van der Waals surface area contributed by atoms with Gasteiger partial charge in [0, 0.05) is 32.6 Å². The summed E-state index contributed by atoms with van der Waals surface area (Å²) in [5, 5.41) is 9.81. The van der Waals surface area contributed by atoms with Gasteiger partial charge in [-0.1, -0.05) is 19.3 Å². The summed E-state index contributed by atoms with van der Waals surface area (Å²) in [7, 11) is 1.76. The van der Waals surface area contributed by atoms with E-state index in [1.807, 2.05) is 12.1 Å². The van der Waals surface area contributed by atoms with Crippen LogP contribution in [-0.2, 0) is 4.79 Å². The van der Waals surface area contributed by atoms with Gasteiger partial charge in [0.2, 0.25) is 5.91 Å². The molecule has 0 bridgehead atoms. The number of guanidine groups is 1. The maximum Gasteiger partial charge on any atom is 0.221 e. The van der Waals surface area contributed by atoms with Crippen LogP contribution in [-0.4, -0.2) is 56.0 Å². The number of hydrogen-bond donors (Lipinski definition) is 3. The van der Waals surface area contributed by atoms with Crippen LogP contribution in [0.2, 0.25) is 0 Å². The van der Waals surface area contributed by atoms with Crippen LogP contribution in [0.4, 0.5) is 0 Å². The summed E-state index contributed by atoms with van der Waals surface area (Å²) in [5.41, 5.74) is 0. The molecule has 1 aliphatic heterocycles. The van der Waals surface area contributed by atoms with Gasteiger partial charge in [-0.15, -0.1) is 24.0 Å². The number of carbonyl (C=O) groups excluding carboxylic acids is 1. The minimum atomic E-state index is 0. The standard InChI is InChI=1S/C21H35N5O2.HI/c1-22-21(23-12-11-20(27)25-17-8-3-2-4-9-17)24-16-18(19-10-7-15-28-19)26-13-5-6-14-26;/h7,10,15,17-18H,2-6,8-9,11-14,16H2,1H3,(H,25,27)(H2,22,23,24);1H. The lowest BCUT2D eigenvalue weighted by atomic mass is 9.95. The van der Waals surface area contributed by atoms with Crippen molar-refractivity contribution >= 4 is 35.8 Å². The molecule has 1 unspecified atom stereocenters. The van der Waals surface area contributed by atoms with E-state index in [2.05, 4.69) is 25.8 Å². The number of amides is 1. The zero-order chi connectivity index (χ0) is 19.6. The van der Waals surface area contributed by atoms with E-state index in [-0.39, 0.29) is 35.9 Å². The van der Waals surface area contributed by atoms with E-state index in [1.165, 1.54) is 32.1 Å². The lowest BCUT2D eigenvalue weighted by Gasteiger charge is -2.26. The maximum absolute atomic E-state index is 12.1. The fourth-order valence-corrected chi connectivity index (χ4v) is 4.20. The van der Waals surface area contributed by atoms with Gasteiger partial charge in [0.25, 0.3) is 0 Å². The van der Waals surface area contributed by atoms with Crippen molar-refractivity contribution in [3.8, 4) is 0 Å². The molecule has 3 rings (SSSR count). The molecule has 1 aliphatic carbocycles. The van der Waals surface area contributed by atoms with E-state index in [9.17, 15) is 4.79 Å². The zero-order valence-corrected chi connectivity index (χ0v) is 19.8. The molecule has 8 heteroatoms. The highest BCUT2D eigenvalue weighted by atomic mass is 127. The van der Waals surface area contributed by atoms with E-state index >= 15 is 0 Å². The van der Waals surface area contributed by atoms with E-state index < -0.39 is 0 Å². The molecule has 1 atom stereocenters. The highest BCUT2D eigenvalue weighted by molar-refractivity contribution is 14.0. The molecule has 7 nitrogen and oxygen atoms in total. The van der Waals surface area contributed by atoms with Crippen LogP contribution in [0.5, 0.6) is 0 Å². The van der Waals surface area contributed by atoms with Crippen molar-refractivity contribution in [2.75, 3.05) is 33.2 Å². The molecule has 0 spiro atoms. The lowest BCUT2D eigenvalue weighted by molar-refractivity contribution is -0.121. The summed E-state index contributed by atoms with van der Waals surface area (Å²) >= 11 is 0. The monoisotopic (exact) mass is 517 g/mol. The molecule has 0 radical (unpaired) electrons. The number of likely N-dealkylation sites (tertiary alicyclic amines) is 1. The van der Waals surface area contributed by atoms with Crippen molar-refractivity contribution in [2.45, 2.75) is 63.5 Å². The van der Waals surface area contributed by atoms with E-state index in [0.29, 0.717) is 19.0 Å². The fraction of sp³-hybridized carbons (Fsp3) is 0.714. The number of nitrogens with one attached hydrogen (secondary N) is 3. The number of aliphatic imine (C=N–C) groups is 1. The Morgan fingerprint density at radius 3 is 2.62 bits per heavy atom. The van der Waals surface area contributed by atoms with Crippen LogP contribution in [0.25, 0.3) is 0 Å². The molecule has 3 N–H and O–H groups in total. The zero-order valence-electron chi connectivity index (χ0n) is 17.5. The SMILES string of the molecule is CN=C(NCCC(=O)NC1CCCCC1)NCC(c1ccco1)N1CCCC1.I. The maximum atomic E-state index is 12.1. The quantitative estimate of drug-likeness (QED) is 0.281. The van der Waals surface area contributed by atoms with Crippen LogP contribution in [0.3, 0.4) is 0 Å². The largest absolute Gasteiger partial charge is 0.468 e. The van der Waals surface area contributed by atoms with Crippen molar-refractivity contribution in [3.63, 3.8) is 0 Å².